The number of hydrogen-bond acceptors (Lipinski definition) is 3. The molecule has 1 amide bonds. The van der Waals surface area contributed by atoms with E-state index < -0.39 is 22.0 Å². The molecule has 0 unspecified atom stereocenters. The molecule has 0 saturated heterocycles. The van der Waals surface area contributed by atoms with Gasteiger partial charge < -0.3 is 5.32 Å². The number of aryl methyl sites for hydroxylation is 2. The normalized spacial score (nSPS) is 12.5. The van der Waals surface area contributed by atoms with Crippen LogP contribution in [0, 0.1) is 20.8 Å². The van der Waals surface area contributed by atoms with Crippen LogP contribution < -0.4 is 9.62 Å². The van der Waals surface area contributed by atoms with E-state index in [0.29, 0.717) is 22.8 Å². The molecule has 2 aromatic carbocycles. The molecule has 0 saturated carbocycles. The topological polar surface area (TPSA) is 66.5 Å². The molecule has 5 nitrogen and oxygen atoms in total. The number of amides is 1. The Bertz CT molecular complexity index is 958. The molecule has 0 aliphatic heterocycles. The van der Waals surface area contributed by atoms with Crippen LogP contribution in [0.15, 0.2) is 36.4 Å². The molecular formula is C20H25ClN2O3S. The summed E-state index contributed by atoms with van der Waals surface area (Å²) in [5, 5.41) is 3.36. The van der Waals surface area contributed by atoms with Crippen molar-refractivity contribution >= 4 is 38.9 Å². The maximum atomic E-state index is 13.0. The van der Waals surface area contributed by atoms with Gasteiger partial charge in [0.2, 0.25) is 15.9 Å². The summed E-state index contributed by atoms with van der Waals surface area (Å²) in [7, 11) is -3.67. The molecule has 27 heavy (non-hydrogen) atoms. The molecule has 2 aromatic rings. The minimum atomic E-state index is -3.67. The molecule has 0 aromatic heterocycles. The highest BCUT2D eigenvalue weighted by Gasteiger charge is 2.32. The minimum absolute atomic E-state index is 0.325. The summed E-state index contributed by atoms with van der Waals surface area (Å²) in [6.45, 7) is 7.45. The fourth-order valence-electron chi connectivity index (χ4n) is 2.88. The van der Waals surface area contributed by atoms with E-state index in [-0.39, 0.29) is 0 Å². The minimum Gasteiger partial charge on any atom is -0.324 e. The SMILES string of the molecule is CC[C@@H](C(=O)Nc1cccc(Cl)c1C)N(c1ccc(C)c(C)c1)S(C)(=O)=O. The van der Waals surface area contributed by atoms with Crippen molar-refractivity contribution in [3.05, 3.63) is 58.1 Å². The Hall–Kier alpha value is -2.05. The lowest BCUT2D eigenvalue weighted by atomic mass is 10.1. The Kier molecular flexibility index (Phi) is 6.54. The highest BCUT2D eigenvalue weighted by atomic mass is 35.5. The van der Waals surface area contributed by atoms with Gasteiger partial charge in [-0.25, -0.2) is 8.42 Å². The molecule has 0 aliphatic rings. The number of nitrogens with zero attached hydrogens (tertiary/aromatic N) is 1. The number of carbonyl (C=O) groups excluding carboxylic acids is 1. The number of nitrogens with one attached hydrogen (secondary N) is 1. The van der Waals surface area contributed by atoms with E-state index in [4.69, 9.17) is 11.6 Å². The average molecular weight is 409 g/mol. The number of rotatable bonds is 6. The van der Waals surface area contributed by atoms with E-state index in [1.165, 1.54) is 4.31 Å². The maximum absolute atomic E-state index is 13.0. The average Bonchev–Trinajstić information content (AvgIpc) is 2.58. The molecule has 146 valence electrons. The van der Waals surface area contributed by atoms with E-state index in [9.17, 15) is 13.2 Å². The summed E-state index contributed by atoms with van der Waals surface area (Å²) in [6, 6.07) is 9.72. The Morgan fingerprint density at radius 2 is 1.81 bits per heavy atom. The van der Waals surface area contributed by atoms with E-state index in [1.807, 2.05) is 19.9 Å². The van der Waals surface area contributed by atoms with E-state index in [0.717, 1.165) is 22.9 Å². The van der Waals surface area contributed by atoms with Crippen molar-refractivity contribution in [1.82, 2.24) is 0 Å². The van der Waals surface area contributed by atoms with Crippen molar-refractivity contribution < 1.29 is 13.2 Å². The Morgan fingerprint density at radius 1 is 1.15 bits per heavy atom. The largest absolute Gasteiger partial charge is 0.324 e. The van der Waals surface area contributed by atoms with Gasteiger partial charge in [0.05, 0.1) is 11.9 Å². The van der Waals surface area contributed by atoms with Crippen molar-refractivity contribution in [1.29, 1.82) is 0 Å². The summed E-state index contributed by atoms with van der Waals surface area (Å²) in [6.07, 6.45) is 1.44. The molecule has 1 atom stereocenters. The highest BCUT2D eigenvalue weighted by molar-refractivity contribution is 7.92. The highest BCUT2D eigenvalue weighted by Crippen LogP contribution is 2.27. The van der Waals surface area contributed by atoms with Gasteiger partial charge in [0.1, 0.15) is 6.04 Å². The fraction of sp³-hybridized carbons (Fsp3) is 0.350. The Morgan fingerprint density at radius 3 is 2.37 bits per heavy atom. The Balaban J connectivity index is 2.44. The molecule has 0 radical (unpaired) electrons. The van der Waals surface area contributed by atoms with Crippen LogP contribution in [0.2, 0.25) is 5.02 Å². The van der Waals surface area contributed by atoms with Crippen LogP contribution in [-0.2, 0) is 14.8 Å². The first-order chi connectivity index (χ1) is 12.6. The third kappa shape index (κ3) is 4.82. The van der Waals surface area contributed by atoms with Crippen LogP contribution in [-0.4, -0.2) is 26.6 Å². The number of anilines is 2. The smallest absolute Gasteiger partial charge is 0.248 e. The van der Waals surface area contributed by atoms with E-state index >= 15 is 0 Å². The van der Waals surface area contributed by atoms with E-state index in [2.05, 4.69) is 5.32 Å². The van der Waals surface area contributed by atoms with Crippen LogP contribution >= 0.6 is 11.6 Å². The number of halogens is 1. The summed E-state index contributed by atoms with van der Waals surface area (Å²) in [5.41, 5.74) is 3.80. The third-order valence-electron chi connectivity index (χ3n) is 4.60. The second-order valence-corrected chi connectivity index (χ2v) is 8.92. The van der Waals surface area contributed by atoms with Crippen molar-refractivity contribution in [2.75, 3.05) is 15.9 Å². The molecule has 2 rings (SSSR count). The van der Waals surface area contributed by atoms with E-state index in [1.54, 1.807) is 44.2 Å². The lowest BCUT2D eigenvalue weighted by Crippen LogP contribution is -2.47. The first-order valence-corrected chi connectivity index (χ1v) is 10.9. The predicted octanol–water partition coefficient (Wildman–Crippen LogP) is 4.45. The summed E-state index contributed by atoms with van der Waals surface area (Å²) in [4.78, 5) is 13.0. The molecule has 0 heterocycles. The molecular weight excluding hydrogens is 384 g/mol. The van der Waals surface area contributed by atoms with Gasteiger partial charge in [0.25, 0.3) is 0 Å². The first kappa shape index (κ1) is 21.3. The first-order valence-electron chi connectivity index (χ1n) is 8.69. The summed E-state index contributed by atoms with van der Waals surface area (Å²) in [5.74, 6) is -0.397. The van der Waals surface area contributed by atoms with Crippen molar-refractivity contribution in [3.63, 3.8) is 0 Å². The predicted molar refractivity (Wildman–Crippen MR) is 112 cm³/mol. The molecule has 7 heteroatoms. The summed E-state index contributed by atoms with van der Waals surface area (Å²) >= 11 is 6.12. The number of hydrogen-bond donors (Lipinski definition) is 1. The van der Waals surface area contributed by atoms with Gasteiger partial charge in [-0.15, -0.1) is 0 Å². The molecule has 1 N–H and O–H groups in total. The van der Waals surface area contributed by atoms with Crippen LogP contribution in [0.25, 0.3) is 0 Å². The van der Waals surface area contributed by atoms with Crippen molar-refractivity contribution in [2.24, 2.45) is 0 Å². The third-order valence-corrected chi connectivity index (χ3v) is 6.19. The van der Waals surface area contributed by atoms with Gasteiger partial charge in [-0.2, -0.15) is 0 Å². The van der Waals surface area contributed by atoms with Crippen molar-refractivity contribution in [2.45, 2.75) is 40.2 Å². The van der Waals surface area contributed by atoms with Gasteiger partial charge in [0, 0.05) is 10.7 Å². The van der Waals surface area contributed by atoms with Gasteiger partial charge in [-0.3, -0.25) is 9.10 Å². The maximum Gasteiger partial charge on any atom is 0.248 e. The quantitative estimate of drug-likeness (QED) is 0.767. The zero-order valence-electron chi connectivity index (χ0n) is 16.2. The van der Waals surface area contributed by atoms with Crippen molar-refractivity contribution in [3.8, 4) is 0 Å². The van der Waals surface area contributed by atoms with Gasteiger partial charge in [-0.05, 0) is 68.1 Å². The second kappa shape index (κ2) is 8.31. The number of carbonyl (C=O) groups is 1. The second-order valence-electron chi connectivity index (χ2n) is 6.65. The summed E-state index contributed by atoms with van der Waals surface area (Å²) < 4.78 is 26.3. The zero-order valence-corrected chi connectivity index (χ0v) is 17.8. The van der Waals surface area contributed by atoms with Crippen LogP contribution in [0.4, 0.5) is 11.4 Å². The Labute approximate surface area is 166 Å². The monoisotopic (exact) mass is 408 g/mol. The van der Waals surface area contributed by atoms with Crippen LogP contribution in [0.3, 0.4) is 0 Å². The van der Waals surface area contributed by atoms with Crippen LogP contribution in [0.5, 0.6) is 0 Å². The van der Waals surface area contributed by atoms with Gasteiger partial charge >= 0.3 is 0 Å². The molecule has 0 bridgehead atoms. The number of sulfonamides is 1. The fourth-order valence-corrected chi connectivity index (χ4v) is 4.26. The lowest BCUT2D eigenvalue weighted by Gasteiger charge is -2.30. The van der Waals surface area contributed by atoms with Crippen LogP contribution in [0.1, 0.15) is 30.0 Å². The zero-order chi connectivity index (χ0) is 20.4. The number of benzene rings is 2. The van der Waals surface area contributed by atoms with Gasteiger partial charge in [-0.1, -0.05) is 30.7 Å². The van der Waals surface area contributed by atoms with Gasteiger partial charge in [0.15, 0.2) is 0 Å². The molecule has 0 spiro atoms. The molecule has 0 aliphatic carbocycles. The lowest BCUT2D eigenvalue weighted by molar-refractivity contribution is -0.117. The standard InChI is InChI=1S/C20H25ClN2O3S/c1-6-19(20(24)22-18-9-7-8-17(21)15(18)4)23(27(5,25)26)16-11-10-13(2)14(3)12-16/h7-12,19H,6H2,1-5H3,(H,22,24)/t19-/m0/s1. The molecule has 0 fully saturated rings.